The number of benzene rings is 2. The lowest BCUT2D eigenvalue weighted by atomic mass is 10.1. The normalized spacial score (nSPS) is 14.4. The molecule has 0 heterocycles. The highest BCUT2D eigenvalue weighted by molar-refractivity contribution is 5.85. The molecular formula is C35H49N3O10. The molecule has 0 bridgehead atoms. The maximum absolute atomic E-state index is 11.7. The van der Waals surface area contributed by atoms with Crippen molar-refractivity contribution in [2.24, 2.45) is 11.7 Å². The van der Waals surface area contributed by atoms with Crippen molar-refractivity contribution in [3.8, 4) is 0 Å². The highest BCUT2D eigenvalue weighted by Crippen LogP contribution is 2.30. The molecule has 0 fully saturated rings. The second-order valence-corrected chi connectivity index (χ2v) is 12.1. The summed E-state index contributed by atoms with van der Waals surface area (Å²) in [6.45, 7) is 12.5. The second kappa shape index (κ2) is 21.2. The van der Waals surface area contributed by atoms with Gasteiger partial charge in [-0.3, -0.25) is 14.4 Å². The minimum absolute atomic E-state index is 0.00541. The largest absolute Gasteiger partial charge is 0.480 e. The van der Waals surface area contributed by atoms with E-state index in [1.807, 2.05) is 32.0 Å². The molecule has 1 aliphatic rings. The van der Waals surface area contributed by atoms with E-state index in [1.165, 1.54) is 17.2 Å². The van der Waals surface area contributed by atoms with Gasteiger partial charge in [0.1, 0.15) is 30.9 Å². The van der Waals surface area contributed by atoms with E-state index in [2.05, 4.69) is 29.3 Å². The number of aliphatic carboxylic acids is 2. The number of carboxylic acid groups (broad SMARTS) is 2. The van der Waals surface area contributed by atoms with Crippen LogP contribution in [-0.4, -0.2) is 71.0 Å². The molecule has 6 N–H and O–H groups in total. The number of fused-ring (bicyclic) bond motifs is 1. The molecule has 0 saturated heterocycles. The average Bonchev–Trinajstić information content (AvgIpc) is 3.44. The summed E-state index contributed by atoms with van der Waals surface area (Å²) in [4.78, 5) is 55.8. The van der Waals surface area contributed by atoms with E-state index in [4.69, 9.17) is 30.2 Å². The number of rotatable bonds is 13. The zero-order chi connectivity index (χ0) is 36.3. The van der Waals surface area contributed by atoms with Crippen LogP contribution in [0.1, 0.15) is 70.2 Å². The van der Waals surface area contributed by atoms with Gasteiger partial charge in [0.05, 0.1) is 13.0 Å². The first kappa shape index (κ1) is 41.3. The van der Waals surface area contributed by atoms with E-state index in [0.717, 1.165) is 18.4 Å². The Morgan fingerprint density at radius 3 is 2.19 bits per heavy atom. The molecule has 1 amide bonds. The fraction of sp³-hybridized carbons (Fsp3) is 0.457. The molecule has 3 atom stereocenters. The molecule has 2 aromatic carbocycles. The summed E-state index contributed by atoms with van der Waals surface area (Å²) in [5.74, 6) is -3.10. The Morgan fingerprint density at radius 2 is 1.62 bits per heavy atom. The molecule has 48 heavy (non-hydrogen) atoms. The Kier molecular flexibility index (Phi) is 18.2. The first-order chi connectivity index (χ1) is 22.5. The van der Waals surface area contributed by atoms with Crippen molar-refractivity contribution < 1.29 is 48.4 Å². The van der Waals surface area contributed by atoms with Crippen LogP contribution in [-0.2, 0) is 46.4 Å². The van der Waals surface area contributed by atoms with Crippen molar-refractivity contribution in [2.75, 3.05) is 13.2 Å². The molecule has 0 saturated carbocycles. The van der Waals surface area contributed by atoms with Crippen LogP contribution in [0.25, 0.3) is 0 Å². The first-order valence-electron chi connectivity index (χ1n) is 15.5. The highest BCUT2D eigenvalue weighted by atomic mass is 16.6. The molecule has 2 aromatic rings. The van der Waals surface area contributed by atoms with Gasteiger partial charge in [0.15, 0.2) is 0 Å². The number of carbonyl (C=O) groups excluding carboxylic acids is 3. The summed E-state index contributed by atoms with van der Waals surface area (Å²) < 4.78 is 14.7. The van der Waals surface area contributed by atoms with Crippen molar-refractivity contribution in [3.63, 3.8) is 0 Å². The van der Waals surface area contributed by atoms with E-state index < -0.39 is 48.1 Å². The van der Waals surface area contributed by atoms with Crippen molar-refractivity contribution in [1.82, 2.24) is 10.6 Å². The van der Waals surface area contributed by atoms with Gasteiger partial charge in [-0.15, -0.1) is 0 Å². The monoisotopic (exact) mass is 671 g/mol. The summed E-state index contributed by atoms with van der Waals surface area (Å²) in [6, 6.07) is 15.4. The molecular weight excluding hydrogens is 622 g/mol. The average molecular weight is 672 g/mol. The van der Waals surface area contributed by atoms with Gasteiger partial charge in [-0.2, -0.15) is 0 Å². The predicted octanol–water partition coefficient (Wildman–Crippen LogP) is 4.14. The molecule has 0 spiro atoms. The van der Waals surface area contributed by atoms with Crippen LogP contribution in [0.2, 0.25) is 0 Å². The lowest BCUT2D eigenvalue weighted by molar-refractivity contribution is -0.158. The molecule has 1 unspecified atom stereocenters. The summed E-state index contributed by atoms with van der Waals surface area (Å²) in [7, 11) is 0. The minimum atomic E-state index is -1.41. The first-order valence-corrected chi connectivity index (χ1v) is 15.5. The Labute approximate surface area is 281 Å². The molecule has 3 rings (SSSR count). The second-order valence-electron chi connectivity index (χ2n) is 12.1. The van der Waals surface area contributed by atoms with E-state index in [-0.39, 0.29) is 37.7 Å². The fourth-order valence-corrected chi connectivity index (χ4v) is 4.15. The number of nitrogens with one attached hydrogen (secondary N) is 2. The molecule has 1 aliphatic carbocycles. The summed E-state index contributed by atoms with van der Waals surface area (Å²) in [6.07, 6.45) is 2.18. The van der Waals surface area contributed by atoms with Crippen LogP contribution >= 0.6 is 0 Å². The molecule has 264 valence electrons. The molecule has 0 aromatic heterocycles. The van der Waals surface area contributed by atoms with E-state index in [1.54, 1.807) is 45.0 Å². The van der Waals surface area contributed by atoms with Gasteiger partial charge >= 0.3 is 30.0 Å². The van der Waals surface area contributed by atoms with Crippen molar-refractivity contribution in [1.29, 1.82) is 0 Å². The molecule has 0 aliphatic heterocycles. The maximum atomic E-state index is 11.7. The number of ether oxygens (including phenoxy) is 3. The SMILES string of the molecule is C=CCOC(=O)[C@@H](N)C(C)C.CC(C)(C)OC(=O)C[C@H](NC(=O)OCc1ccccc1)C(=O)O.O=C(O)CNC1CCc2ccccc21. The third-order valence-electron chi connectivity index (χ3n) is 6.56. The molecule has 13 heteroatoms. The number of esters is 2. The van der Waals surface area contributed by atoms with E-state index in [9.17, 15) is 24.0 Å². The molecule has 0 radical (unpaired) electrons. The van der Waals surface area contributed by atoms with Crippen LogP contribution in [0.15, 0.2) is 67.3 Å². The van der Waals surface area contributed by atoms with Gasteiger partial charge in [-0.1, -0.05) is 81.1 Å². The topological polar surface area (TPSA) is 204 Å². The van der Waals surface area contributed by atoms with Gasteiger partial charge in [-0.05, 0) is 56.2 Å². The van der Waals surface area contributed by atoms with E-state index >= 15 is 0 Å². The quantitative estimate of drug-likeness (QED) is 0.116. The predicted molar refractivity (Wildman–Crippen MR) is 179 cm³/mol. The zero-order valence-electron chi connectivity index (χ0n) is 28.3. The number of alkyl carbamates (subject to hydrolysis) is 1. The van der Waals surface area contributed by atoms with Gasteiger partial charge in [0.25, 0.3) is 0 Å². The fourth-order valence-electron chi connectivity index (χ4n) is 4.15. The van der Waals surface area contributed by atoms with Crippen molar-refractivity contribution in [2.45, 2.75) is 84.2 Å². The highest BCUT2D eigenvalue weighted by Gasteiger charge is 2.27. The standard InChI is InChI=1S/C16H21NO6.C11H13NO2.C8H15NO2/c1-16(2,3)23-13(18)9-12(14(19)20)17-15(21)22-10-11-7-5-4-6-8-11;13-11(14)7-12-10-6-5-8-3-1-2-4-9(8)10;1-4-5-11-8(10)7(9)6(2)3/h4-8,12H,9-10H2,1-3H3,(H,17,21)(H,19,20);1-4,10,12H,5-7H2,(H,13,14);4,6-7H,1,5,9H2,2-3H3/t12-;;7-/m0.0/s1. The lowest BCUT2D eigenvalue weighted by Crippen LogP contribution is -2.43. The van der Waals surface area contributed by atoms with E-state index in [0.29, 0.717) is 0 Å². The summed E-state index contributed by atoms with van der Waals surface area (Å²) >= 11 is 0. The van der Waals surface area contributed by atoms with Crippen LogP contribution in [0, 0.1) is 5.92 Å². The molecule has 13 nitrogen and oxygen atoms in total. The number of carboxylic acids is 2. The van der Waals surface area contributed by atoms with Crippen molar-refractivity contribution >= 4 is 30.0 Å². The Balaban J connectivity index is 0.000000392. The number of hydrogen-bond acceptors (Lipinski definition) is 10. The van der Waals surface area contributed by atoms with Gasteiger partial charge < -0.3 is 40.8 Å². The number of nitrogens with two attached hydrogens (primary N) is 1. The lowest BCUT2D eigenvalue weighted by Gasteiger charge is -2.21. The van der Waals surface area contributed by atoms with Gasteiger partial charge in [-0.25, -0.2) is 9.59 Å². The maximum Gasteiger partial charge on any atom is 0.408 e. The van der Waals surface area contributed by atoms with Crippen LogP contribution in [0.3, 0.4) is 0 Å². The number of hydrogen-bond donors (Lipinski definition) is 5. The van der Waals surface area contributed by atoms with Crippen LogP contribution in [0.4, 0.5) is 4.79 Å². The number of aryl methyl sites for hydroxylation is 1. The zero-order valence-corrected chi connectivity index (χ0v) is 28.3. The van der Waals surface area contributed by atoms with Gasteiger partial charge in [0, 0.05) is 6.04 Å². The van der Waals surface area contributed by atoms with Gasteiger partial charge in [0.2, 0.25) is 0 Å². The summed E-state index contributed by atoms with van der Waals surface area (Å²) in [5, 5.41) is 22.8. The minimum Gasteiger partial charge on any atom is -0.480 e. The Bertz CT molecular complexity index is 1340. The van der Waals surface area contributed by atoms with Crippen LogP contribution in [0.5, 0.6) is 0 Å². The number of amides is 1. The third kappa shape index (κ3) is 17.2. The third-order valence-corrected chi connectivity index (χ3v) is 6.56. The smallest absolute Gasteiger partial charge is 0.408 e. The summed E-state index contributed by atoms with van der Waals surface area (Å²) in [5.41, 5.74) is 8.13. The number of carbonyl (C=O) groups is 5. The Morgan fingerprint density at radius 1 is 1.00 bits per heavy atom. The Hall–Kier alpha value is -4.75. The van der Waals surface area contributed by atoms with Crippen LogP contribution < -0.4 is 16.4 Å². The van der Waals surface area contributed by atoms with Crippen molar-refractivity contribution in [3.05, 3.63) is 83.9 Å².